The number of fused-ring (bicyclic) bond motifs is 1. The van der Waals surface area contributed by atoms with Crippen molar-refractivity contribution in [1.29, 1.82) is 0 Å². The average molecular weight is 227 g/mol. The molecule has 0 radical (unpaired) electrons. The number of carbonyl (C=O) groups is 1. The molecule has 1 N–H and O–H groups in total. The minimum atomic E-state index is -2.35. The number of alkyl halides is 2. The summed E-state index contributed by atoms with van der Waals surface area (Å²) in [4.78, 5) is 12.3. The van der Waals surface area contributed by atoms with Gasteiger partial charge in [-0.3, -0.25) is 4.90 Å². The van der Waals surface area contributed by atoms with E-state index in [9.17, 15) is 13.6 Å². The summed E-state index contributed by atoms with van der Waals surface area (Å²) in [5.74, 6) is -0.991. The standard InChI is InChI=1S/C11H11F2NO2/c12-10(13)6-14-4-8-2-1-7(11(15)16)3-9(8)5-14/h1-3,10H,4-6H2,(H,15,16). The van der Waals surface area contributed by atoms with Gasteiger partial charge in [0.15, 0.2) is 0 Å². The zero-order valence-corrected chi connectivity index (χ0v) is 8.49. The van der Waals surface area contributed by atoms with Crippen molar-refractivity contribution in [1.82, 2.24) is 4.90 Å². The highest BCUT2D eigenvalue weighted by Gasteiger charge is 2.22. The molecule has 2 rings (SSSR count). The van der Waals surface area contributed by atoms with E-state index in [1.807, 2.05) is 0 Å². The number of halogens is 2. The molecule has 1 aromatic rings. The summed E-state index contributed by atoms with van der Waals surface area (Å²) in [5.41, 5.74) is 1.98. The van der Waals surface area contributed by atoms with Crippen LogP contribution < -0.4 is 0 Å². The summed E-state index contributed by atoms with van der Waals surface area (Å²) >= 11 is 0. The Morgan fingerprint density at radius 3 is 2.69 bits per heavy atom. The maximum atomic E-state index is 12.2. The summed E-state index contributed by atoms with van der Waals surface area (Å²) in [6.07, 6.45) is -2.35. The van der Waals surface area contributed by atoms with E-state index < -0.39 is 12.4 Å². The van der Waals surface area contributed by atoms with Gasteiger partial charge in [0.2, 0.25) is 0 Å². The molecule has 1 heterocycles. The van der Waals surface area contributed by atoms with Crippen LogP contribution in [0.5, 0.6) is 0 Å². The molecule has 0 unspecified atom stereocenters. The molecule has 1 aliphatic heterocycles. The summed E-state index contributed by atoms with van der Waals surface area (Å²) in [6.45, 7) is 0.609. The molecule has 0 fully saturated rings. The molecule has 1 aliphatic rings. The third kappa shape index (κ3) is 2.19. The first-order chi connectivity index (χ1) is 7.56. The Bertz CT molecular complexity index is 420. The molecule has 0 aromatic heterocycles. The highest BCUT2D eigenvalue weighted by atomic mass is 19.3. The highest BCUT2D eigenvalue weighted by molar-refractivity contribution is 5.87. The van der Waals surface area contributed by atoms with E-state index in [4.69, 9.17) is 5.11 Å². The molecule has 0 aliphatic carbocycles. The Morgan fingerprint density at radius 2 is 2.06 bits per heavy atom. The van der Waals surface area contributed by atoms with Crippen LogP contribution in [-0.2, 0) is 13.1 Å². The SMILES string of the molecule is O=C(O)c1ccc2c(c1)CN(CC(F)F)C2. The van der Waals surface area contributed by atoms with Gasteiger partial charge in [-0.05, 0) is 23.3 Å². The lowest BCUT2D eigenvalue weighted by Crippen LogP contribution is -2.22. The number of benzene rings is 1. The van der Waals surface area contributed by atoms with Crippen LogP contribution in [0.15, 0.2) is 18.2 Å². The quantitative estimate of drug-likeness (QED) is 0.858. The van der Waals surface area contributed by atoms with Crippen LogP contribution in [0, 0.1) is 0 Å². The first kappa shape index (κ1) is 11.0. The molecule has 3 nitrogen and oxygen atoms in total. The zero-order chi connectivity index (χ0) is 11.7. The van der Waals surface area contributed by atoms with E-state index in [0.717, 1.165) is 11.1 Å². The second-order valence-corrected chi connectivity index (χ2v) is 3.85. The highest BCUT2D eigenvalue weighted by Crippen LogP contribution is 2.24. The summed E-state index contributed by atoms with van der Waals surface area (Å²) < 4.78 is 24.4. The third-order valence-corrected chi connectivity index (χ3v) is 2.64. The predicted molar refractivity (Wildman–Crippen MR) is 53.5 cm³/mol. The molecular formula is C11H11F2NO2. The van der Waals surface area contributed by atoms with Crippen molar-refractivity contribution in [3.63, 3.8) is 0 Å². The maximum Gasteiger partial charge on any atom is 0.335 e. The molecule has 86 valence electrons. The van der Waals surface area contributed by atoms with E-state index in [2.05, 4.69) is 0 Å². The summed E-state index contributed by atoms with van der Waals surface area (Å²) in [6, 6.07) is 4.76. The maximum absolute atomic E-state index is 12.2. The Kier molecular flexibility index (Phi) is 2.87. The van der Waals surface area contributed by atoms with E-state index in [-0.39, 0.29) is 12.1 Å². The van der Waals surface area contributed by atoms with Gasteiger partial charge in [0.1, 0.15) is 0 Å². The largest absolute Gasteiger partial charge is 0.478 e. The van der Waals surface area contributed by atoms with Crippen LogP contribution in [0.4, 0.5) is 8.78 Å². The van der Waals surface area contributed by atoms with Crippen molar-refractivity contribution in [2.45, 2.75) is 19.5 Å². The van der Waals surface area contributed by atoms with Gasteiger partial charge >= 0.3 is 5.97 Å². The molecule has 0 saturated carbocycles. The molecule has 0 bridgehead atoms. The van der Waals surface area contributed by atoms with E-state index in [0.29, 0.717) is 13.1 Å². The van der Waals surface area contributed by atoms with Crippen LogP contribution >= 0.6 is 0 Å². The molecule has 5 heteroatoms. The van der Waals surface area contributed by atoms with Crippen LogP contribution in [0.1, 0.15) is 21.5 Å². The Hall–Kier alpha value is -1.49. The van der Waals surface area contributed by atoms with Gasteiger partial charge in [-0.25, -0.2) is 13.6 Å². The minimum absolute atomic E-state index is 0.206. The Balaban J connectivity index is 2.15. The lowest BCUT2D eigenvalue weighted by atomic mass is 10.1. The van der Waals surface area contributed by atoms with Crippen molar-refractivity contribution >= 4 is 5.97 Å². The van der Waals surface area contributed by atoms with Gasteiger partial charge in [0.05, 0.1) is 12.1 Å². The first-order valence-electron chi connectivity index (χ1n) is 4.92. The fourth-order valence-corrected chi connectivity index (χ4v) is 1.92. The second-order valence-electron chi connectivity index (χ2n) is 3.85. The van der Waals surface area contributed by atoms with E-state index in [1.165, 1.54) is 6.07 Å². The molecule has 0 spiro atoms. The fourth-order valence-electron chi connectivity index (χ4n) is 1.92. The first-order valence-corrected chi connectivity index (χ1v) is 4.92. The van der Waals surface area contributed by atoms with E-state index >= 15 is 0 Å². The third-order valence-electron chi connectivity index (χ3n) is 2.64. The van der Waals surface area contributed by atoms with Gasteiger partial charge in [-0.15, -0.1) is 0 Å². The van der Waals surface area contributed by atoms with E-state index in [1.54, 1.807) is 17.0 Å². The van der Waals surface area contributed by atoms with Gasteiger partial charge in [0, 0.05) is 13.1 Å². The lowest BCUT2D eigenvalue weighted by molar-refractivity contribution is 0.0696. The van der Waals surface area contributed by atoms with Crippen molar-refractivity contribution in [3.8, 4) is 0 Å². The molecular weight excluding hydrogens is 216 g/mol. The smallest absolute Gasteiger partial charge is 0.335 e. The van der Waals surface area contributed by atoms with Crippen LogP contribution in [0.3, 0.4) is 0 Å². The summed E-state index contributed by atoms with van der Waals surface area (Å²) in [7, 11) is 0. The van der Waals surface area contributed by atoms with Crippen molar-refractivity contribution < 1.29 is 18.7 Å². The van der Waals surface area contributed by atoms with Gasteiger partial charge < -0.3 is 5.11 Å². The van der Waals surface area contributed by atoms with Gasteiger partial charge in [-0.2, -0.15) is 0 Å². The number of aromatic carboxylic acids is 1. The van der Waals surface area contributed by atoms with Crippen LogP contribution in [0.25, 0.3) is 0 Å². The number of hydrogen-bond donors (Lipinski definition) is 1. The monoisotopic (exact) mass is 227 g/mol. The normalized spacial score (nSPS) is 15.4. The van der Waals surface area contributed by atoms with Crippen molar-refractivity contribution in [2.24, 2.45) is 0 Å². The van der Waals surface area contributed by atoms with Crippen molar-refractivity contribution in [2.75, 3.05) is 6.54 Å². The lowest BCUT2D eigenvalue weighted by Gasteiger charge is -2.12. The van der Waals surface area contributed by atoms with Gasteiger partial charge in [0.25, 0.3) is 6.43 Å². The molecule has 16 heavy (non-hydrogen) atoms. The number of carboxylic acid groups (broad SMARTS) is 1. The molecule has 0 amide bonds. The second kappa shape index (κ2) is 4.17. The molecule has 1 aromatic carbocycles. The molecule has 0 saturated heterocycles. The minimum Gasteiger partial charge on any atom is -0.478 e. The van der Waals surface area contributed by atoms with Crippen LogP contribution in [-0.4, -0.2) is 28.9 Å². The average Bonchev–Trinajstić information content (AvgIpc) is 2.56. The predicted octanol–water partition coefficient (Wildman–Crippen LogP) is 1.97. The van der Waals surface area contributed by atoms with Crippen molar-refractivity contribution in [3.05, 3.63) is 34.9 Å². The number of rotatable bonds is 3. The number of nitrogens with zero attached hydrogens (tertiary/aromatic N) is 1. The Labute approximate surface area is 91.3 Å². The number of hydrogen-bond acceptors (Lipinski definition) is 2. The summed E-state index contributed by atoms with van der Waals surface area (Å²) in [5, 5.41) is 8.79. The Morgan fingerprint density at radius 1 is 1.38 bits per heavy atom. The fraction of sp³-hybridized carbons (Fsp3) is 0.364. The van der Waals surface area contributed by atoms with Crippen LogP contribution in [0.2, 0.25) is 0 Å². The molecule has 0 atom stereocenters. The topological polar surface area (TPSA) is 40.5 Å². The zero-order valence-electron chi connectivity index (χ0n) is 8.49. The number of carboxylic acids is 1. The van der Waals surface area contributed by atoms with Gasteiger partial charge in [-0.1, -0.05) is 6.07 Å².